The minimum Gasteiger partial charge on any atom is -0.297 e. The van der Waals surface area contributed by atoms with E-state index in [4.69, 9.17) is 0 Å². The van der Waals surface area contributed by atoms with Crippen LogP contribution in [0.15, 0.2) is 9.77 Å². The Bertz CT molecular complexity index is 578. The molecule has 1 aliphatic carbocycles. The standard InChI is InChI=1S/C10H2F7.BrH.Mg/c11-5-2-4(10(15,16)17)3-1-6(12)8(13)9(14)7(3)5;;/h1,4H;1H;/q;;+1/p-1. The summed E-state index contributed by atoms with van der Waals surface area (Å²) in [5, 5.41) is 0. The van der Waals surface area contributed by atoms with Gasteiger partial charge in [0.15, 0.2) is 17.5 Å². The van der Waals surface area contributed by atoms with Gasteiger partial charge in [0, 0.05) is 0 Å². The van der Waals surface area contributed by atoms with Crippen molar-refractivity contribution in [3.8, 4) is 0 Å². The summed E-state index contributed by atoms with van der Waals surface area (Å²) >= 11 is 0.998. The third-order valence-corrected chi connectivity index (χ3v) is 5.64. The van der Waals surface area contributed by atoms with E-state index in [1.54, 1.807) is 0 Å². The van der Waals surface area contributed by atoms with Crippen LogP contribution in [-0.2, 0) is 0 Å². The number of hydrogen-bond donors (Lipinski definition) is 0. The normalized spacial score (nSPS) is 18.6. The van der Waals surface area contributed by atoms with Gasteiger partial charge in [-0.3, -0.25) is 12.9 Å². The minimum absolute atomic E-state index is 0.204. The zero-order valence-electron chi connectivity index (χ0n) is 8.89. The second-order valence-electron chi connectivity index (χ2n) is 3.90. The van der Waals surface area contributed by atoms with E-state index in [0.29, 0.717) is 0 Å². The Balaban J connectivity index is 2.79. The number of alkyl halides is 3. The zero-order chi connectivity index (χ0) is 14.5. The third kappa shape index (κ3) is 2.29. The van der Waals surface area contributed by atoms with E-state index in [0.717, 1.165) is 0 Å². The second-order valence-corrected chi connectivity index (χ2v) is 6.61. The summed E-state index contributed by atoms with van der Waals surface area (Å²) in [4.78, 5) is 0. The van der Waals surface area contributed by atoms with Crippen molar-refractivity contribution in [1.82, 2.24) is 0 Å². The number of halogens is 8. The van der Waals surface area contributed by atoms with E-state index in [-0.39, 0.29) is 6.07 Å². The number of rotatable bonds is 1. The average Bonchev–Trinajstić information content (AvgIpc) is 2.58. The molecular weight excluding hydrogens is 357 g/mol. The summed E-state index contributed by atoms with van der Waals surface area (Å²) < 4.78 is 91.2. The Hall–Kier alpha value is -0.284. The number of fused-ring (bicyclic) bond motifs is 1. The van der Waals surface area contributed by atoms with E-state index in [1.807, 2.05) is 0 Å². The maximum atomic E-state index is 13.8. The fourth-order valence-electron chi connectivity index (χ4n) is 2.05. The lowest BCUT2D eigenvalue weighted by molar-refractivity contribution is -0.140. The van der Waals surface area contributed by atoms with Crippen molar-refractivity contribution >= 4 is 36.9 Å². The van der Waals surface area contributed by atoms with Crippen LogP contribution < -0.4 is 0 Å². The molecule has 0 nitrogen and oxygen atoms in total. The van der Waals surface area contributed by atoms with Gasteiger partial charge in [0.1, 0.15) is 5.83 Å². The van der Waals surface area contributed by atoms with Crippen molar-refractivity contribution in [2.24, 2.45) is 0 Å². The van der Waals surface area contributed by atoms with Crippen LogP contribution in [0.2, 0.25) is 0 Å². The molecule has 0 amide bonds. The molecule has 0 N–H and O–H groups in total. The average molecular weight is 359 g/mol. The van der Waals surface area contributed by atoms with Gasteiger partial charge in [-0.1, -0.05) is 0 Å². The molecule has 0 fully saturated rings. The first-order chi connectivity index (χ1) is 8.70. The number of allylic oxidation sites excluding steroid dienone is 1. The Kier molecular flexibility index (Phi) is 3.91. The highest BCUT2D eigenvalue weighted by Crippen LogP contribution is 2.51. The molecule has 0 radical (unpaired) electrons. The molecule has 0 aliphatic heterocycles. The van der Waals surface area contributed by atoms with Crippen LogP contribution in [0.4, 0.5) is 30.7 Å². The van der Waals surface area contributed by atoms with Crippen LogP contribution >= 0.6 is 12.9 Å². The van der Waals surface area contributed by atoms with Crippen LogP contribution in [0.3, 0.4) is 0 Å². The summed E-state index contributed by atoms with van der Waals surface area (Å²) in [6.45, 7) is 0. The monoisotopic (exact) mass is 358 g/mol. The van der Waals surface area contributed by atoms with Gasteiger partial charge in [-0.25, -0.2) is 17.6 Å². The predicted molar refractivity (Wildman–Crippen MR) is 57.8 cm³/mol. The molecule has 1 atom stereocenters. The molecule has 19 heavy (non-hydrogen) atoms. The lowest BCUT2D eigenvalue weighted by Crippen LogP contribution is -2.22. The minimum atomic E-state index is -4.89. The SMILES string of the molecule is FC1=[C]([Mg][Br])C(C(F)(F)F)c2cc(F)c(F)c(F)c21. The van der Waals surface area contributed by atoms with Gasteiger partial charge in [0.05, 0.1) is 11.5 Å². The van der Waals surface area contributed by atoms with Crippen LogP contribution in [0.5, 0.6) is 0 Å². The zero-order valence-corrected chi connectivity index (χ0v) is 11.9. The highest BCUT2D eigenvalue weighted by molar-refractivity contribution is 9.23. The molecule has 100 valence electrons. The van der Waals surface area contributed by atoms with Gasteiger partial charge in [0.2, 0.25) is 0 Å². The number of hydrogen-bond acceptors (Lipinski definition) is 0. The van der Waals surface area contributed by atoms with Crippen LogP contribution in [0.1, 0.15) is 17.0 Å². The van der Waals surface area contributed by atoms with Gasteiger partial charge < -0.3 is 0 Å². The largest absolute Gasteiger partial charge is 0.507 e. The van der Waals surface area contributed by atoms with Crippen LogP contribution in [0.25, 0.3) is 5.83 Å². The smallest absolute Gasteiger partial charge is 0.297 e. The van der Waals surface area contributed by atoms with E-state index in [1.165, 1.54) is 0 Å². The molecule has 0 aromatic heterocycles. The van der Waals surface area contributed by atoms with Crippen LogP contribution in [-0.4, -0.2) is 24.4 Å². The van der Waals surface area contributed by atoms with Gasteiger partial charge in [-0.2, -0.15) is 13.2 Å². The van der Waals surface area contributed by atoms with Crippen molar-refractivity contribution in [3.05, 3.63) is 38.3 Å². The molecule has 9 heteroatoms. The molecule has 1 aromatic carbocycles. The Morgan fingerprint density at radius 1 is 1.05 bits per heavy atom. The molecule has 0 saturated heterocycles. The molecule has 0 heterocycles. The predicted octanol–water partition coefficient (Wildman–Crippen LogP) is 4.42. The lowest BCUT2D eigenvalue weighted by atomic mass is 9.99. The molecular formula is C10H2BrF7Mg. The molecule has 1 unspecified atom stereocenters. The first kappa shape index (κ1) is 15.1. The van der Waals surface area contributed by atoms with E-state index in [2.05, 4.69) is 12.9 Å². The first-order valence-electron chi connectivity index (χ1n) is 4.89. The van der Waals surface area contributed by atoms with Gasteiger partial charge in [0.25, 0.3) is 0 Å². The Morgan fingerprint density at radius 2 is 1.63 bits per heavy atom. The van der Waals surface area contributed by atoms with Gasteiger partial charge >= 0.3 is 24.4 Å². The molecule has 0 spiro atoms. The summed E-state index contributed by atoms with van der Waals surface area (Å²) in [5.41, 5.74) is -2.04. The maximum Gasteiger partial charge on any atom is 0.507 e. The van der Waals surface area contributed by atoms with Crippen molar-refractivity contribution in [2.45, 2.75) is 12.1 Å². The van der Waals surface area contributed by atoms with Crippen molar-refractivity contribution in [3.63, 3.8) is 0 Å². The fraction of sp³-hybridized carbons (Fsp3) is 0.200. The van der Waals surface area contributed by atoms with Gasteiger partial charge in [-0.05, 0) is 11.6 Å². The summed E-state index contributed by atoms with van der Waals surface area (Å²) in [6.07, 6.45) is -4.89. The summed E-state index contributed by atoms with van der Waals surface area (Å²) in [6, 6.07) is 0.204. The summed E-state index contributed by atoms with van der Waals surface area (Å²) in [7, 11) is 0. The van der Waals surface area contributed by atoms with E-state index in [9.17, 15) is 30.7 Å². The molecule has 2 rings (SSSR count). The topological polar surface area (TPSA) is 0 Å². The molecule has 0 saturated carbocycles. The highest BCUT2D eigenvalue weighted by Gasteiger charge is 2.49. The summed E-state index contributed by atoms with van der Waals surface area (Å²) in [5.74, 6) is -9.54. The quantitative estimate of drug-likeness (QED) is 0.396. The van der Waals surface area contributed by atoms with Crippen molar-refractivity contribution < 1.29 is 30.7 Å². The van der Waals surface area contributed by atoms with Crippen molar-refractivity contribution in [2.75, 3.05) is 0 Å². The third-order valence-electron chi connectivity index (χ3n) is 2.82. The Labute approximate surface area is 118 Å². The fourth-order valence-corrected chi connectivity index (χ4v) is 4.66. The second kappa shape index (κ2) is 4.92. The lowest BCUT2D eigenvalue weighted by Gasteiger charge is -2.19. The van der Waals surface area contributed by atoms with Gasteiger partial charge in [-0.15, -0.1) is 3.70 Å². The van der Waals surface area contributed by atoms with E-state index >= 15 is 0 Å². The van der Waals surface area contributed by atoms with E-state index < -0.39 is 68.4 Å². The maximum absolute atomic E-state index is 13.8. The highest BCUT2D eigenvalue weighted by atomic mass is 79.9. The molecule has 1 aliphatic rings. The Morgan fingerprint density at radius 3 is 2.11 bits per heavy atom. The van der Waals surface area contributed by atoms with Crippen molar-refractivity contribution in [1.29, 1.82) is 0 Å². The first-order valence-corrected chi connectivity index (χ1v) is 9.49. The molecule has 1 aromatic rings. The molecule has 0 bridgehead atoms. The van der Waals surface area contributed by atoms with Crippen LogP contribution in [0, 0.1) is 17.5 Å². The number of benzene rings is 1.